The molecule has 0 aliphatic carbocycles. The SMILES string of the molecule is CC(N)c1ccc(OCc2ccc(F)c(Br)c2)cc1F. The predicted octanol–water partition coefficient (Wildman–Crippen LogP) is 4.33. The lowest BCUT2D eigenvalue weighted by Gasteiger charge is -2.10. The maximum absolute atomic E-state index is 13.7. The minimum Gasteiger partial charge on any atom is -0.489 e. The van der Waals surface area contributed by atoms with Gasteiger partial charge in [-0.1, -0.05) is 12.1 Å². The molecular weight excluding hydrogens is 328 g/mol. The standard InChI is InChI=1S/C15H14BrF2NO/c1-9(19)12-4-3-11(7-15(12)18)20-8-10-2-5-14(17)13(16)6-10/h2-7,9H,8,19H2,1H3. The normalized spacial score (nSPS) is 12.2. The van der Waals surface area contributed by atoms with Gasteiger partial charge in [-0.15, -0.1) is 0 Å². The van der Waals surface area contributed by atoms with Crippen LogP contribution in [0.25, 0.3) is 0 Å². The van der Waals surface area contributed by atoms with Crippen LogP contribution < -0.4 is 10.5 Å². The van der Waals surface area contributed by atoms with Crippen molar-refractivity contribution in [2.75, 3.05) is 0 Å². The second-order valence-electron chi connectivity index (χ2n) is 4.51. The van der Waals surface area contributed by atoms with Crippen LogP contribution in [0, 0.1) is 11.6 Å². The zero-order valence-electron chi connectivity index (χ0n) is 10.9. The van der Waals surface area contributed by atoms with Crippen molar-refractivity contribution in [1.29, 1.82) is 0 Å². The average Bonchev–Trinajstić information content (AvgIpc) is 2.40. The highest BCUT2D eigenvalue weighted by atomic mass is 79.9. The van der Waals surface area contributed by atoms with Crippen molar-refractivity contribution < 1.29 is 13.5 Å². The van der Waals surface area contributed by atoms with E-state index < -0.39 is 5.82 Å². The summed E-state index contributed by atoms with van der Waals surface area (Å²) in [7, 11) is 0. The summed E-state index contributed by atoms with van der Waals surface area (Å²) in [5, 5.41) is 0. The van der Waals surface area contributed by atoms with Gasteiger partial charge in [-0.05, 0) is 46.6 Å². The average molecular weight is 342 g/mol. The molecule has 2 nitrogen and oxygen atoms in total. The Hall–Kier alpha value is -1.46. The zero-order valence-corrected chi connectivity index (χ0v) is 12.5. The van der Waals surface area contributed by atoms with E-state index in [2.05, 4.69) is 15.9 Å². The van der Waals surface area contributed by atoms with E-state index in [-0.39, 0.29) is 18.5 Å². The van der Waals surface area contributed by atoms with Crippen LogP contribution in [0.1, 0.15) is 24.1 Å². The molecule has 2 aromatic rings. The quantitative estimate of drug-likeness (QED) is 0.898. The van der Waals surface area contributed by atoms with E-state index in [0.717, 1.165) is 5.56 Å². The first-order valence-corrected chi connectivity index (χ1v) is 6.88. The Labute approximate surface area is 124 Å². The number of nitrogens with two attached hydrogens (primary N) is 1. The summed E-state index contributed by atoms with van der Waals surface area (Å²) in [6.07, 6.45) is 0. The topological polar surface area (TPSA) is 35.2 Å². The lowest BCUT2D eigenvalue weighted by molar-refractivity contribution is 0.304. The van der Waals surface area contributed by atoms with E-state index in [1.165, 1.54) is 12.1 Å². The van der Waals surface area contributed by atoms with Crippen molar-refractivity contribution in [1.82, 2.24) is 0 Å². The van der Waals surface area contributed by atoms with Crippen molar-refractivity contribution in [3.63, 3.8) is 0 Å². The first-order valence-electron chi connectivity index (χ1n) is 6.09. The van der Waals surface area contributed by atoms with Gasteiger partial charge in [-0.25, -0.2) is 8.78 Å². The van der Waals surface area contributed by atoms with Crippen molar-refractivity contribution in [3.8, 4) is 5.75 Å². The maximum Gasteiger partial charge on any atom is 0.137 e. The minimum absolute atomic E-state index is 0.232. The van der Waals surface area contributed by atoms with Crippen LogP contribution in [0.2, 0.25) is 0 Å². The van der Waals surface area contributed by atoms with E-state index in [1.807, 2.05) is 0 Å². The summed E-state index contributed by atoms with van der Waals surface area (Å²) < 4.78 is 32.7. The predicted molar refractivity (Wildman–Crippen MR) is 77.4 cm³/mol. The molecule has 106 valence electrons. The molecule has 20 heavy (non-hydrogen) atoms. The monoisotopic (exact) mass is 341 g/mol. The third-order valence-corrected chi connectivity index (χ3v) is 3.46. The van der Waals surface area contributed by atoms with Crippen LogP contribution in [0.4, 0.5) is 8.78 Å². The summed E-state index contributed by atoms with van der Waals surface area (Å²) in [4.78, 5) is 0. The summed E-state index contributed by atoms with van der Waals surface area (Å²) in [5.74, 6) is -0.314. The summed E-state index contributed by atoms with van der Waals surface area (Å²) >= 11 is 3.10. The number of halogens is 3. The van der Waals surface area contributed by atoms with Crippen molar-refractivity contribution in [3.05, 3.63) is 63.6 Å². The van der Waals surface area contributed by atoms with Gasteiger partial charge in [-0.2, -0.15) is 0 Å². The fraction of sp³-hybridized carbons (Fsp3) is 0.200. The highest BCUT2D eigenvalue weighted by molar-refractivity contribution is 9.10. The first-order chi connectivity index (χ1) is 9.47. The molecule has 0 aromatic heterocycles. The largest absolute Gasteiger partial charge is 0.489 e. The minimum atomic E-state index is -0.391. The molecule has 0 saturated heterocycles. The summed E-state index contributed by atoms with van der Waals surface area (Å²) in [6, 6.07) is 8.81. The molecule has 2 N–H and O–H groups in total. The van der Waals surface area contributed by atoms with E-state index in [0.29, 0.717) is 15.8 Å². The van der Waals surface area contributed by atoms with Crippen molar-refractivity contribution in [2.24, 2.45) is 5.73 Å². The molecule has 5 heteroatoms. The number of benzene rings is 2. The summed E-state index contributed by atoms with van der Waals surface area (Å²) in [5.41, 5.74) is 6.87. The van der Waals surface area contributed by atoms with Crippen LogP contribution >= 0.6 is 15.9 Å². The molecular formula is C15H14BrF2NO. The van der Waals surface area contributed by atoms with E-state index in [1.54, 1.807) is 31.2 Å². The lowest BCUT2D eigenvalue weighted by Crippen LogP contribution is -2.07. The van der Waals surface area contributed by atoms with Gasteiger partial charge in [0.2, 0.25) is 0 Å². The second kappa shape index (κ2) is 6.33. The molecule has 0 amide bonds. The summed E-state index contributed by atoms with van der Waals surface area (Å²) in [6.45, 7) is 1.95. The van der Waals surface area contributed by atoms with E-state index in [9.17, 15) is 8.78 Å². The molecule has 2 rings (SSSR count). The Balaban J connectivity index is 2.07. The van der Waals surface area contributed by atoms with Gasteiger partial charge in [0.1, 0.15) is 24.0 Å². The molecule has 0 heterocycles. The molecule has 0 saturated carbocycles. The van der Waals surface area contributed by atoms with Crippen LogP contribution in [0.5, 0.6) is 5.75 Å². The molecule has 2 aromatic carbocycles. The van der Waals surface area contributed by atoms with Crippen LogP contribution in [0.3, 0.4) is 0 Å². The molecule has 0 radical (unpaired) electrons. The van der Waals surface area contributed by atoms with Gasteiger partial charge in [-0.3, -0.25) is 0 Å². The van der Waals surface area contributed by atoms with E-state index in [4.69, 9.17) is 10.5 Å². The van der Waals surface area contributed by atoms with Gasteiger partial charge in [0.15, 0.2) is 0 Å². The lowest BCUT2D eigenvalue weighted by atomic mass is 10.1. The molecule has 0 aliphatic rings. The third kappa shape index (κ3) is 3.55. The van der Waals surface area contributed by atoms with Gasteiger partial charge in [0, 0.05) is 17.7 Å². The Morgan fingerprint density at radius 2 is 1.90 bits per heavy atom. The molecule has 0 aliphatic heterocycles. The Kier molecular flexibility index (Phi) is 4.73. The van der Waals surface area contributed by atoms with Gasteiger partial charge >= 0.3 is 0 Å². The van der Waals surface area contributed by atoms with Gasteiger partial charge < -0.3 is 10.5 Å². The highest BCUT2D eigenvalue weighted by Crippen LogP contribution is 2.22. The van der Waals surface area contributed by atoms with Gasteiger partial charge in [0.25, 0.3) is 0 Å². The Morgan fingerprint density at radius 3 is 2.50 bits per heavy atom. The Bertz CT molecular complexity index is 617. The molecule has 0 fully saturated rings. The molecule has 1 unspecified atom stereocenters. The number of hydrogen-bond acceptors (Lipinski definition) is 2. The Morgan fingerprint density at radius 1 is 1.15 bits per heavy atom. The molecule has 1 atom stereocenters. The number of rotatable bonds is 4. The second-order valence-corrected chi connectivity index (χ2v) is 5.36. The molecule has 0 spiro atoms. The highest BCUT2D eigenvalue weighted by Gasteiger charge is 2.08. The number of ether oxygens (including phenoxy) is 1. The van der Waals surface area contributed by atoms with Gasteiger partial charge in [0.05, 0.1) is 4.47 Å². The third-order valence-electron chi connectivity index (χ3n) is 2.85. The zero-order chi connectivity index (χ0) is 14.7. The van der Waals surface area contributed by atoms with Crippen molar-refractivity contribution >= 4 is 15.9 Å². The van der Waals surface area contributed by atoms with E-state index >= 15 is 0 Å². The number of hydrogen-bond donors (Lipinski definition) is 1. The maximum atomic E-state index is 13.7. The molecule has 0 bridgehead atoms. The van der Waals surface area contributed by atoms with Crippen LogP contribution in [0.15, 0.2) is 40.9 Å². The smallest absolute Gasteiger partial charge is 0.137 e. The fourth-order valence-electron chi connectivity index (χ4n) is 1.76. The van der Waals surface area contributed by atoms with Crippen LogP contribution in [-0.2, 0) is 6.61 Å². The van der Waals surface area contributed by atoms with Crippen LogP contribution in [-0.4, -0.2) is 0 Å². The fourth-order valence-corrected chi connectivity index (χ4v) is 2.19. The first kappa shape index (κ1) is 14.9. The van der Waals surface area contributed by atoms with Crippen molar-refractivity contribution in [2.45, 2.75) is 19.6 Å².